The van der Waals surface area contributed by atoms with Crippen LogP contribution in [-0.2, 0) is 9.47 Å². The smallest absolute Gasteiger partial charge is 0.202 e. The molecular weight excluding hydrogens is 387 g/mol. The number of halogens is 2. The van der Waals surface area contributed by atoms with Gasteiger partial charge in [-0.1, -0.05) is 17.7 Å². The van der Waals surface area contributed by atoms with Crippen molar-refractivity contribution in [3.05, 3.63) is 53.8 Å². The van der Waals surface area contributed by atoms with Gasteiger partial charge in [0.05, 0.1) is 35.7 Å². The summed E-state index contributed by atoms with van der Waals surface area (Å²) in [6.45, 7) is 1.97. The predicted octanol–water partition coefficient (Wildman–Crippen LogP) is 4.65. The number of nitrogens with one attached hydrogen (secondary N) is 2. The van der Waals surface area contributed by atoms with Crippen molar-refractivity contribution in [2.45, 2.75) is 18.4 Å². The van der Waals surface area contributed by atoms with Crippen molar-refractivity contribution >= 4 is 51.6 Å². The average molecular weight is 407 g/mol. The first-order valence-corrected chi connectivity index (χ1v) is 8.63. The Kier molecular flexibility index (Phi) is 5.33. The van der Waals surface area contributed by atoms with E-state index in [1.54, 1.807) is 20.5 Å². The van der Waals surface area contributed by atoms with E-state index >= 15 is 0 Å². The van der Waals surface area contributed by atoms with E-state index in [0.29, 0.717) is 12.2 Å². The fourth-order valence-corrected chi connectivity index (χ4v) is 3.46. The fraction of sp³-hybridized carbons (Fsp3) is 0.263. The van der Waals surface area contributed by atoms with Crippen LogP contribution in [-0.4, -0.2) is 34.2 Å². The highest BCUT2D eigenvalue weighted by Gasteiger charge is 2.35. The van der Waals surface area contributed by atoms with Gasteiger partial charge in [-0.25, -0.2) is 4.98 Å². The van der Waals surface area contributed by atoms with E-state index in [2.05, 4.69) is 20.3 Å². The van der Waals surface area contributed by atoms with Gasteiger partial charge in [0.25, 0.3) is 0 Å². The van der Waals surface area contributed by atoms with Crippen LogP contribution < -0.4 is 5.32 Å². The Morgan fingerprint density at radius 2 is 2.04 bits per heavy atom. The molecule has 142 valence electrons. The molecule has 2 heterocycles. The van der Waals surface area contributed by atoms with Crippen LogP contribution in [0.1, 0.15) is 12.1 Å². The number of fused-ring (bicyclic) bond motifs is 3. The van der Waals surface area contributed by atoms with Crippen LogP contribution >= 0.6 is 24.0 Å². The molecule has 0 aliphatic heterocycles. The Balaban J connectivity index is 0.00000210. The number of hydrogen-bond acceptors (Lipinski definition) is 5. The van der Waals surface area contributed by atoms with E-state index in [1.165, 1.54) is 0 Å². The lowest BCUT2D eigenvalue weighted by Crippen LogP contribution is -2.30. The van der Waals surface area contributed by atoms with Crippen molar-refractivity contribution in [3.8, 4) is 0 Å². The maximum Gasteiger partial charge on any atom is 0.202 e. The molecule has 1 unspecified atom stereocenters. The highest BCUT2D eigenvalue weighted by Crippen LogP contribution is 2.37. The van der Waals surface area contributed by atoms with Gasteiger partial charge in [0, 0.05) is 36.4 Å². The Labute approximate surface area is 168 Å². The van der Waals surface area contributed by atoms with Crippen LogP contribution in [0.3, 0.4) is 0 Å². The van der Waals surface area contributed by atoms with Crippen LogP contribution in [0.5, 0.6) is 0 Å². The second-order valence-electron chi connectivity index (χ2n) is 6.20. The zero-order valence-corrected chi connectivity index (χ0v) is 16.7. The Morgan fingerprint density at radius 3 is 2.78 bits per heavy atom. The van der Waals surface area contributed by atoms with Crippen molar-refractivity contribution in [2.75, 3.05) is 19.5 Å². The average Bonchev–Trinajstić information content (AvgIpc) is 3.11. The van der Waals surface area contributed by atoms with E-state index in [9.17, 15) is 0 Å². The number of anilines is 1. The van der Waals surface area contributed by atoms with Gasteiger partial charge in [-0.3, -0.25) is 4.98 Å². The lowest BCUT2D eigenvalue weighted by atomic mass is 10.1. The number of ether oxygens (including phenoxy) is 2. The van der Waals surface area contributed by atoms with Crippen molar-refractivity contribution in [1.29, 1.82) is 0 Å². The number of pyridine rings is 1. The number of nitrogens with zero attached hydrogens (tertiary/aromatic N) is 2. The van der Waals surface area contributed by atoms with Crippen molar-refractivity contribution in [2.24, 2.45) is 0 Å². The van der Waals surface area contributed by atoms with Gasteiger partial charge >= 0.3 is 0 Å². The van der Waals surface area contributed by atoms with E-state index in [1.807, 2.05) is 37.3 Å². The summed E-state index contributed by atoms with van der Waals surface area (Å²) in [7, 11) is 3.16. The third-order valence-electron chi connectivity index (χ3n) is 4.55. The van der Waals surface area contributed by atoms with E-state index < -0.39 is 5.06 Å². The SMILES string of the molecule is COC1=CC(Nc2cc(C)nc3ccc4nc[nH]c4c23)=CCC1(Cl)OC.Cl. The molecule has 0 fully saturated rings. The van der Waals surface area contributed by atoms with Gasteiger partial charge in [-0.15, -0.1) is 12.4 Å². The molecule has 0 spiro atoms. The quantitative estimate of drug-likeness (QED) is 0.616. The summed E-state index contributed by atoms with van der Waals surface area (Å²) < 4.78 is 10.8. The number of alkyl halides is 1. The number of aromatic amines is 1. The molecule has 1 aromatic carbocycles. The Bertz CT molecular complexity index is 1060. The molecule has 0 saturated heterocycles. The fourth-order valence-electron chi connectivity index (χ4n) is 3.26. The molecule has 4 rings (SSSR count). The first kappa shape index (κ1) is 19.5. The van der Waals surface area contributed by atoms with Crippen molar-refractivity contribution < 1.29 is 9.47 Å². The second kappa shape index (κ2) is 7.38. The summed E-state index contributed by atoms with van der Waals surface area (Å²) in [5.41, 5.74) is 5.51. The van der Waals surface area contributed by atoms with Gasteiger partial charge in [-0.2, -0.15) is 0 Å². The number of methoxy groups -OCH3 is 2. The molecule has 0 amide bonds. The molecule has 1 aliphatic rings. The van der Waals surface area contributed by atoms with Gasteiger partial charge < -0.3 is 19.8 Å². The van der Waals surface area contributed by atoms with Gasteiger partial charge in [0.15, 0.2) is 0 Å². The minimum absolute atomic E-state index is 0. The third kappa shape index (κ3) is 3.36. The zero-order valence-electron chi connectivity index (χ0n) is 15.2. The normalized spacial score (nSPS) is 19.4. The number of imidazole rings is 1. The lowest BCUT2D eigenvalue weighted by Gasteiger charge is -2.29. The monoisotopic (exact) mass is 406 g/mol. The highest BCUT2D eigenvalue weighted by atomic mass is 35.5. The zero-order chi connectivity index (χ0) is 18.3. The molecule has 0 saturated carbocycles. The van der Waals surface area contributed by atoms with E-state index in [4.69, 9.17) is 21.1 Å². The molecule has 8 heteroatoms. The summed E-state index contributed by atoms with van der Waals surface area (Å²) in [5, 5.41) is 3.50. The molecular formula is C19H20Cl2N4O2. The van der Waals surface area contributed by atoms with E-state index in [0.717, 1.165) is 39.0 Å². The molecule has 2 aromatic heterocycles. The molecule has 1 aliphatic carbocycles. The minimum atomic E-state index is -0.965. The number of aromatic nitrogens is 3. The largest absolute Gasteiger partial charge is 0.497 e. The van der Waals surface area contributed by atoms with Crippen LogP contribution in [0, 0.1) is 6.92 Å². The molecule has 27 heavy (non-hydrogen) atoms. The lowest BCUT2D eigenvalue weighted by molar-refractivity contribution is 0.0459. The van der Waals surface area contributed by atoms with Crippen molar-refractivity contribution in [3.63, 3.8) is 0 Å². The summed E-state index contributed by atoms with van der Waals surface area (Å²) >= 11 is 6.47. The highest BCUT2D eigenvalue weighted by molar-refractivity contribution is 6.25. The third-order valence-corrected chi connectivity index (χ3v) is 5.05. The number of H-pyrrole nitrogens is 1. The van der Waals surface area contributed by atoms with Gasteiger partial charge in [0.2, 0.25) is 5.06 Å². The van der Waals surface area contributed by atoms with Gasteiger partial charge in [0.1, 0.15) is 5.76 Å². The molecule has 0 radical (unpaired) electrons. The summed E-state index contributed by atoms with van der Waals surface area (Å²) in [5.74, 6) is 0.563. The molecule has 2 N–H and O–H groups in total. The standard InChI is InChI=1S/C19H19ClN4O2.ClH/c1-11-8-15(17-13(23-11)4-5-14-18(17)22-10-21-14)24-12-6-7-19(20,26-3)16(9-12)25-2;/h4-6,8-10H,7H2,1-3H3,(H,21,22)(H,23,24);1H. The topological polar surface area (TPSA) is 72.1 Å². The molecule has 6 nitrogen and oxygen atoms in total. The van der Waals surface area contributed by atoms with Crippen LogP contribution in [0.15, 0.2) is 48.1 Å². The number of allylic oxidation sites excluding steroid dienone is 1. The predicted molar refractivity (Wildman–Crippen MR) is 110 cm³/mol. The molecule has 3 aromatic rings. The van der Waals surface area contributed by atoms with E-state index in [-0.39, 0.29) is 12.4 Å². The molecule has 1 atom stereocenters. The maximum absolute atomic E-state index is 6.47. The maximum atomic E-state index is 6.47. The number of aryl methyl sites for hydroxylation is 1. The first-order chi connectivity index (χ1) is 12.5. The molecule has 0 bridgehead atoms. The number of hydrogen-bond donors (Lipinski definition) is 2. The van der Waals surface area contributed by atoms with Crippen LogP contribution in [0.2, 0.25) is 0 Å². The number of rotatable bonds is 4. The number of benzene rings is 1. The second-order valence-corrected chi connectivity index (χ2v) is 6.81. The van der Waals surface area contributed by atoms with Crippen LogP contribution in [0.4, 0.5) is 5.69 Å². The Hall–Kier alpha value is -2.28. The minimum Gasteiger partial charge on any atom is -0.497 e. The Morgan fingerprint density at radius 1 is 1.26 bits per heavy atom. The van der Waals surface area contributed by atoms with Gasteiger partial charge in [-0.05, 0) is 25.1 Å². The first-order valence-electron chi connectivity index (χ1n) is 8.25. The summed E-state index contributed by atoms with van der Waals surface area (Å²) in [4.78, 5) is 12.2. The summed E-state index contributed by atoms with van der Waals surface area (Å²) in [6, 6.07) is 5.97. The summed E-state index contributed by atoms with van der Waals surface area (Å²) in [6.07, 6.45) is 6.04. The van der Waals surface area contributed by atoms with Crippen molar-refractivity contribution in [1.82, 2.24) is 15.0 Å². The van der Waals surface area contributed by atoms with Crippen LogP contribution in [0.25, 0.3) is 21.9 Å².